The Kier molecular flexibility index (Phi) is 12.2. The molecule has 13 heteroatoms. The lowest BCUT2D eigenvalue weighted by Crippen LogP contribution is -2.58. The lowest BCUT2D eigenvalue weighted by Gasteiger charge is -2.47. The number of phenolic OH excluding ortho intramolecular Hbond substituents is 1. The van der Waals surface area contributed by atoms with Gasteiger partial charge in [-0.1, -0.05) is 43.8 Å². The fourth-order valence-electron chi connectivity index (χ4n) is 6.10. The summed E-state index contributed by atoms with van der Waals surface area (Å²) in [5.41, 5.74) is 3.06. The molecule has 11 nitrogen and oxygen atoms in total. The summed E-state index contributed by atoms with van der Waals surface area (Å²) in [5, 5.41) is 29.8. The number of nitrogens with one attached hydrogen (secondary N) is 2. The fraction of sp³-hybridized carbons (Fsp3) is 0.500. The second-order valence-corrected chi connectivity index (χ2v) is 14.0. The summed E-state index contributed by atoms with van der Waals surface area (Å²) in [6.45, 7) is 9.72. The van der Waals surface area contributed by atoms with Crippen molar-refractivity contribution in [2.75, 3.05) is 64.8 Å². The monoisotopic (exact) mass is 683 g/mol. The maximum absolute atomic E-state index is 13.2. The van der Waals surface area contributed by atoms with Gasteiger partial charge >= 0.3 is 0 Å². The molecule has 1 aromatic heterocycles. The number of benzene rings is 2. The number of anilines is 1. The van der Waals surface area contributed by atoms with Gasteiger partial charge in [0.15, 0.2) is 5.62 Å². The van der Waals surface area contributed by atoms with Gasteiger partial charge in [-0.3, -0.25) is 14.5 Å². The Morgan fingerprint density at radius 1 is 1.23 bits per heavy atom. The van der Waals surface area contributed by atoms with Gasteiger partial charge in [-0.15, -0.1) is 11.3 Å². The highest BCUT2D eigenvalue weighted by molar-refractivity contribution is 8.12. The first-order chi connectivity index (χ1) is 22.7. The summed E-state index contributed by atoms with van der Waals surface area (Å²) in [6.07, 6.45) is 0.874. The number of carbonyl (C=O) groups excluding carboxylic acids is 2. The molecular formula is C34H45N5O6S2. The van der Waals surface area contributed by atoms with E-state index in [1.165, 1.54) is 11.6 Å². The third-order valence-electron chi connectivity index (χ3n) is 8.67. The van der Waals surface area contributed by atoms with E-state index >= 15 is 0 Å². The number of thioether (sulfide) groups is 1. The molecule has 0 saturated carbocycles. The van der Waals surface area contributed by atoms with Gasteiger partial charge in [-0.2, -0.15) is 0 Å². The highest BCUT2D eigenvalue weighted by Gasteiger charge is 2.41. The van der Waals surface area contributed by atoms with Crippen molar-refractivity contribution in [2.24, 2.45) is 0 Å². The molecule has 3 aromatic rings. The molecular weight excluding hydrogens is 639 g/mol. The van der Waals surface area contributed by atoms with Crippen molar-refractivity contribution in [3.63, 3.8) is 0 Å². The number of amides is 1. The van der Waals surface area contributed by atoms with Gasteiger partial charge in [-0.25, -0.2) is 4.98 Å². The normalized spacial score (nSPS) is 17.2. The average molecular weight is 684 g/mol. The molecule has 3 heterocycles. The quantitative estimate of drug-likeness (QED) is 0.0828. The van der Waals surface area contributed by atoms with E-state index in [0.717, 1.165) is 55.0 Å². The molecule has 2 fully saturated rings. The molecule has 2 aliphatic rings. The first kappa shape index (κ1) is 35.1. The number of ether oxygens (including phenoxy) is 2. The lowest BCUT2D eigenvalue weighted by atomic mass is 9.89. The van der Waals surface area contributed by atoms with Gasteiger partial charge in [-0.05, 0) is 42.2 Å². The second-order valence-electron chi connectivity index (χ2n) is 12.3. The largest absolute Gasteiger partial charge is 0.506 e. The molecule has 5 rings (SSSR count). The van der Waals surface area contributed by atoms with Gasteiger partial charge in [0, 0.05) is 62.5 Å². The van der Waals surface area contributed by atoms with Gasteiger partial charge in [0.05, 0.1) is 35.6 Å². The zero-order valence-electron chi connectivity index (χ0n) is 27.2. The number of morpholine rings is 1. The van der Waals surface area contributed by atoms with Crippen molar-refractivity contribution in [3.8, 4) is 11.5 Å². The van der Waals surface area contributed by atoms with Gasteiger partial charge < -0.3 is 35.2 Å². The molecule has 4 N–H and O–H groups in total. The molecule has 2 aromatic carbocycles. The molecule has 1 spiro atoms. The minimum Gasteiger partial charge on any atom is -0.506 e. The molecule has 0 radical (unpaired) electrons. The van der Waals surface area contributed by atoms with Crippen LogP contribution in [-0.2, 0) is 16.1 Å². The fourth-order valence-corrected chi connectivity index (χ4v) is 7.67. The third kappa shape index (κ3) is 8.84. The summed E-state index contributed by atoms with van der Waals surface area (Å²) in [5.74, 6) is 1.12. The number of aromatic nitrogens is 1. The minimum atomic E-state index is -0.865. The van der Waals surface area contributed by atoms with Crippen LogP contribution in [0.2, 0.25) is 0 Å². The van der Waals surface area contributed by atoms with E-state index in [9.17, 15) is 19.8 Å². The zero-order valence-corrected chi connectivity index (χ0v) is 28.9. The Bertz CT molecular complexity index is 1510. The van der Waals surface area contributed by atoms with Gasteiger partial charge in [0.1, 0.15) is 23.8 Å². The smallest absolute Gasteiger partial charge is 0.273 e. The molecule has 254 valence electrons. The minimum absolute atomic E-state index is 0.00438. The molecule has 2 aliphatic heterocycles. The number of aliphatic hydroxyl groups excluding tert-OH is 1. The Hall–Kier alpha value is -3.20. The summed E-state index contributed by atoms with van der Waals surface area (Å²) in [4.78, 5) is 33.8. The molecule has 1 amide bonds. The van der Waals surface area contributed by atoms with Crippen molar-refractivity contribution in [3.05, 3.63) is 63.6 Å². The number of aliphatic hydroxyl groups is 1. The molecule has 0 aliphatic carbocycles. The van der Waals surface area contributed by atoms with E-state index in [0.29, 0.717) is 66.2 Å². The van der Waals surface area contributed by atoms with Crippen LogP contribution >= 0.6 is 23.1 Å². The maximum Gasteiger partial charge on any atom is 0.273 e. The van der Waals surface area contributed by atoms with Crippen LogP contribution < -0.4 is 15.4 Å². The number of piperidine rings is 1. The molecule has 1 atom stereocenters. The van der Waals surface area contributed by atoms with E-state index in [-0.39, 0.29) is 23.8 Å². The SMILES string of the molecule is CNc1c(O)ccc(C(O)CNCCOc2cccc(CN3CCC4(CC3)CN(C(=O)c3csc(C(C)C)n3)CCO4)c2)c1SC=O. The van der Waals surface area contributed by atoms with Crippen molar-refractivity contribution in [1.29, 1.82) is 0 Å². The van der Waals surface area contributed by atoms with Crippen molar-refractivity contribution in [2.45, 2.75) is 55.8 Å². The second kappa shape index (κ2) is 16.3. The van der Waals surface area contributed by atoms with E-state index in [4.69, 9.17) is 9.47 Å². The molecule has 2 saturated heterocycles. The first-order valence-electron chi connectivity index (χ1n) is 16.1. The average Bonchev–Trinajstić information content (AvgIpc) is 3.57. The maximum atomic E-state index is 13.2. The highest BCUT2D eigenvalue weighted by Crippen LogP contribution is 2.39. The molecule has 0 bridgehead atoms. The Balaban J connectivity index is 1.05. The van der Waals surface area contributed by atoms with Crippen LogP contribution in [-0.4, -0.2) is 102 Å². The van der Waals surface area contributed by atoms with Gasteiger partial charge in [0.25, 0.3) is 5.91 Å². The van der Waals surface area contributed by atoms with Crippen LogP contribution in [0.5, 0.6) is 11.5 Å². The first-order valence-corrected chi connectivity index (χ1v) is 17.8. The van der Waals surface area contributed by atoms with Gasteiger partial charge in [0.2, 0.25) is 0 Å². The number of phenols is 1. The number of likely N-dealkylation sites (tertiary alicyclic amines) is 1. The number of aromatic hydroxyl groups is 1. The van der Waals surface area contributed by atoms with E-state index in [1.807, 2.05) is 22.4 Å². The summed E-state index contributed by atoms with van der Waals surface area (Å²) in [6, 6.07) is 11.2. The molecule has 1 unspecified atom stereocenters. The zero-order chi connectivity index (χ0) is 33.4. The number of hydrogen-bond acceptors (Lipinski definition) is 12. The number of thiazole rings is 1. The van der Waals surface area contributed by atoms with Crippen LogP contribution in [0.15, 0.2) is 46.7 Å². The topological polar surface area (TPSA) is 136 Å². The predicted molar refractivity (Wildman–Crippen MR) is 185 cm³/mol. The molecule has 47 heavy (non-hydrogen) atoms. The lowest BCUT2D eigenvalue weighted by molar-refractivity contribution is -0.128. The van der Waals surface area contributed by atoms with Crippen LogP contribution in [0.1, 0.15) is 65.3 Å². The van der Waals surface area contributed by atoms with Crippen molar-refractivity contribution in [1.82, 2.24) is 20.1 Å². The number of nitrogens with zero attached hydrogens (tertiary/aromatic N) is 3. The summed E-state index contributed by atoms with van der Waals surface area (Å²) >= 11 is 2.47. The van der Waals surface area contributed by atoms with Crippen LogP contribution in [0.3, 0.4) is 0 Å². The third-order valence-corrected chi connectivity index (χ3v) is 10.6. The standard InChI is InChI=1S/C34H45N5O6S2/c1-23(2)32-37-27(20-46-32)33(43)39-14-16-45-34(21-39)9-12-38(13-10-34)19-24-5-4-6-25(17-24)44-15-11-36-18-29(42)26-7-8-28(41)30(35-3)31(26)47-22-40/h4-8,17,20,22-23,29,35-36,41-42H,9-16,18-19,21H2,1-3H3. The summed E-state index contributed by atoms with van der Waals surface area (Å²) < 4.78 is 12.3. The van der Waals surface area contributed by atoms with Crippen LogP contribution in [0, 0.1) is 0 Å². The number of rotatable bonds is 14. The van der Waals surface area contributed by atoms with E-state index < -0.39 is 6.10 Å². The van der Waals surface area contributed by atoms with Crippen molar-refractivity contribution >= 4 is 40.3 Å². The Labute approximate surface area is 284 Å². The van der Waals surface area contributed by atoms with Crippen LogP contribution in [0.25, 0.3) is 0 Å². The summed E-state index contributed by atoms with van der Waals surface area (Å²) in [7, 11) is 1.66. The number of carbonyl (C=O) groups is 2. The van der Waals surface area contributed by atoms with E-state index in [2.05, 4.69) is 46.5 Å². The van der Waals surface area contributed by atoms with Crippen LogP contribution in [0.4, 0.5) is 5.69 Å². The number of hydrogen-bond donors (Lipinski definition) is 4. The Morgan fingerprint density at radius 3 is 2.77 bits per heavy atom. The Morgan fingerprint density at radius 2 is 2.04 bits per heavy atom. The van der Waals surface area contributed by atoms with Crippen molar-refractivity contribution < 1.29 is 29.3 Å². The predicted octanol–water partition coefficient (Wildman–Crippen LogP) is 4.51. The van der Waals surface area contributed by atoms with E-state index in [1.54, 1.807) is 24.5 Å². The highest BCUT2D eigenvalue weighted by atomic mass is 32.2.